The van der Waals surface area contributed by atoms with E-state index >= 15 is 0 Å². The lowest BCUT2D eigenvalue weighted by Gasteiger charge is -2.24. The van der Waals surface area contributed by atoms with Gasteiger partial charge >= 0.3 is 6.09 Å². The molecule has 0 spiro atoms. The predicted octanol–water partition coefficient (Wildman–Crippen LogP) is 6.90. The molecule has 0 saturated heterocycles. The maximum atomic E-state index is 12.0. The van der Waals surface area contributed by atoms with Crippen molar-refractivity contribution in [2.75, 3.05) is 25.5 Å². The summed E-state index contributed by atoms with van der Waals surface area (Å²) in [4.78, 5) is 18.4. The van der Waals surface area contributed by atoms with Crippen LogP contribution in [0.4, 0.5) is 10.6 Å². The van der Waals surface area contributed by atoms with E-state index in [1.165, 1.54) is 0 Å². The minimum Gasteiger partial charge on any atom is -0.444 e. The first-order chi connectivity index (χ1) is 15.7. The standard InChI is InChI=1S/C22H27BrClN5O2.C2H6/c1-22(2,3)31-21(30)28(4)12-8-7-11-25-19-13-18(15-9-5-6-10-17(15)24)27-20-16(23)14-26-29(19)20;1-2/h5-6,9-10,13-14,25H,7-8,11-12H2,1-4H3;1-2H3. The molecule has 1 aromatic carbocycles. The maximum Gasteiger partial charge on any atom is 0.410 e. The van der Waals surface area contributed by atoms with Gasteiger partial charge in [-0.15, -0.1) is 0 Å². The molecule has 3 rings (SSSR count). The summed E-state index contributed by atoms with van der Waals surface area (Å²) in [6.07, 6.45) is 3.14. The van der Waals surface area contributed by atoms with Gasteiger partial charge in [-0.2, -0.15) is 9.61 Å². The number of rotatable bonds is 7. The fraction of sp³-hybridized carbons (Fsp3) is 0.458. The van der Waals surface area contributed by atoms with Crippen LogP contribution in [0.25, 0.3) is 16.9 Å². The molecule has 2 heterocycles. The van der Waals surface area contributed by atoms with Gasteiger partial charge in [0.2, 0.25) is 0 Å². The van der Waals surface area contributed by atoms with E-state index in [1.807, 2.05) is 65.0 Å². The largest absolute Gasteiger partial charge is 0.444 e. The fourth-order valence-corrected chi connectivity index (χ4v) is 3.57. The van der Waals surface area contributed by atoms with Gasteiger partial charge in [0.25, 0.3) is 0 Å². The Hall–Kier alpha value is -2.32. The molecule has 1 amide bonds. The van der Waals surface area contributed by atoms with Crippen LogP contribution in [0, 0.1) is 0 Å². The number of nitrogens with one attached hydrogen (secondary N) is 1. The average molecular weight is 539 g/mol. The number of unbranched alkanes of at least 4 members (excludes halogenated alkanes) is 1. The molecule has 7 nitrogen and oxygen atoms in total. The van der Waals surface area contributed by atoms with Crippen molar-refractivity contribution in [1.29, 1.82) is 0 Å². The second-order valence-electron chi connectivity index (χ2n) is 8.27. The summed E-state index contributed by atoms with van der Waals surface area (Å²) in [6.45, 7) is 10.9. The molecule has 1 N–H and O–H groups in total. The second kappa shape index (κ2) is 12.2. The molecule has 0 aliphatic heterocycles. The second-order valence-corrected chi connectivity index (χ2v) is 9.53. The highest BCUT2D eigenvalue weighted by atomic mass is 79.9. The average Bonchev–Trinajstić information content (AvgIpc) is 3.14. The molecule has 0 saturated carbocycles. The van der Waals surface area contributed by atoms with Crippen LogP contribution in [0.5, 0.6) is 0 Å². The van der Waals surface area contributed by atoms with Crippen molar-refractivity contribution in [2.45, 2.75) is 53.1 Å². The van der Waals surface area contributed by atoms with E-state index in [0.717, 1.165) is 40.9 Å². The summed E-state index contributed by atoms with van der Waals surface area (Å²) in [7, 11) is 1.76. The number of hydrogen-bond acceptors (Lipinski definition) is 5. The third kappa shape index (κ3) is 7.61. The van der Waals surface area contributed by atoms with Crippen molar-refractivity contribution in [2.24, 2.45) is 0 Å². The van der Waals surface area contributed by atoms with Crippen LogP contribution in [-0.4, -0.2) is 51.3 Å². The lowest BCUT2D eigenvalue weighted by molar-refractivity contribution is 0.0296. The molecule has 3 aromatic rings. The molecular weight excluding hydrogens is 506 g/mol. The Morgan fingerprint density at radius 1 is 1.24 bits per heavy atom. The van der Waals surface area contributed by atoms with Crippen molar-refractivity contribution >= 4 is 45.1 Å². The first-order valence-electron chi connectivity index (χ1n) is 11.1. The topological polar surface area (TPSA) is 71.8 Å². The number of aromatic nitrogens is 3. The quantitative estimate of drug-likeness (QED) is 0.331. The molecule has 0 aliphatic carbocycles. The lowest BCUT2D eigenvalue weighted by Crippen LogP contribution is -2.34. The Labute approximate surface area is 209 Å². The van der Waals surface area contributed by atoms with Gasteiger partial charge < -0.3 is 15.0 Å². The highest BCUT2D eigenvalue weighted by Crippen LogP contribution is 2.30. The molecule has 33 heavy (non-hydrogen) atoms. The van der Waals surface area contributed by atoms with Gasteiger partial charge in [0.05, 0.1) is 16.4 Å². The van der Waals surface area contributed by atoms with E-state index in [1.54, 1.807) is 22.7 Å². The lowest BCUT2D eigenvalue weighted by atomic mass is 10.1. The predicted molar refractivity (Wildman–Crippen MR) is 139 cm³/mol. The Bertz CT molecular complexity index is 1060. The Morgan fingerprint density at radius 3 is 2.61 bits per heavy atom. The van der Waals surface area contributed by atoms with Gasteiger partial charge in [-0.3, -0.25) is 0 Å². The van der Waals surface area contributed by atoms with Crippen LogP contribution in [0.1, 0.15) is 47.5 Å². The van der Waals surface area contributed by atoms with Crippen molar-refractivity contribution in [3.63, 3.8) is 0 Å². The molecular formula is C24H33BrClN5O2. The van der Waals surface area contributed by atoms with E-state index in [-0.39, 0.29) is 6.09 Å². The summed E-state index contributed by atoms with van der Waals surface area (Å²) in [5, 5.41) is 8.48. The first-order valence-corrected chi connectivity index (χ1v) is 12.3. The number of nitrogens with zero attached hydrogens (tertiary/aromatic N) is 4. The molecule has 0 unspecified atom stereocenters. The van der Waals surface area contributed by atoms with E-state index in [0.29, 0.717) is 17.2 Å². The van der Waals surface area contributed by atoms with Crippen molar-refractivity contribution in [3.05, 3.63) is 46.0 Å². The number of fused-ring (bicyclic) bond motifs is 1. The van der Waals surface area contributed by atoms with Crippen LogP contribution in [-0.2, 0) is 4.74 Å². The Balaban J connectivity index is 0.00000187. The normalized spacial score (nSPS) is 11.0. The fourth-order valence-electron chi connectivity index (χ4n) is 2.99. The zero-order chi connectivity index (χ0) is 24.6. The van der Waals surface area contributed by atoms with Crippen molar-refractivity contribution in [3.8, 4) is 11.3 Å². The number of ether oxygens (including phenoxy) is 1. The molecule has 0 atom stereocenters. The SMILES string of the molecule is CC.CN(CCCCNc1cc(-c2ccccc2Cl)nc2c(Br)cnn12)C(=O)OC(C)(C)C. The van der Waals surface area contributed by atoms with Crippen LogP contribution in [0.15, 0.2) is 41.0 Å². The Kier molecular flexibility index (Phi) is 9.98. The van der Waals surface area contributed by atoms with Crippen LogP contribution in [0.3, 0.4) is 0 Å². The van der Waals surface area contributed by atoms with E-state index in [2.05, 4.69) is 26.3 Å². The van der Waals surface area contributed by atoms with Crippen molar-refractivity contribution in [1.82, 2.24) is 19.5 Å². The minimum absolute atomic E-state index is 0.304. The zero-order valence-electron chi connectivity index (χ0n) is 20.2. The summed E-state index contributed by atoms with van der Waals surface area (Å²) in [5.41, 5.74) is 1.86. The first kappa shape index (κ1) is 26.9. The number of hydrogen-bond donors (Lipinski definition) is 1. The number of benzene rings is 1. The minimum atomic E-state index is -0.489. The highest BCUT2D eigenvalue weighted by molar-refractivity contribution is 9.10. The summed E-state index contributed by atoms with van der Waals surface area (Å²) in [6, 6.07) is 9.57. The molecule has 180 valence electrons. The third-order valence-electron chi connectivity index (χ3n) is 4.51. The molecule has 0 aliphatic rings. The Morgan fingerprint density at radius 2 is 1.94 bits per heavy atom. The molecule has 2 aromatic heterocycles. The number of carbonyl (C=O) groups is 1. The van der Waals surface area contributed by atoms with Gasteiger partial charge in [0, 0.05) is 36.8 Å². The van der Waals surface area contributed by atoms with E-state index in [9.17, 15) is 4.79 Å². The van der Waals surface area contributed by atoms with Gasteiger partial charge in [-0.05, 0) is 55.6 Å². The number of amides is 1. The molecule has 0 bridgehead atoms. The molecule has 0 fully saturated rings. The monoisotopic (exact) mass is 537 g/mol. The van der Waals surface area contributed by atoms with Gasteiger partial charge in [0.1, 0.15) is 11.4 Å². The number of halogens is 2. The van der Waals surface area contributed by atoms with Gasteiger partial charge in [-0.1, -0.05) is 43.6 Å². The highest BCUT2D eigenvalue weighted by Gasteiger charge is 2.19. The number of anilines is 1. The van der Waals surface area contributed by atoms with E-state index < -0.39 is 5.60 Å². The van der Waals surface area contributed by atoms with Gasteiger partial charge in [0.15, 0.2) is 5.65 Å². The summed E-state index contributed by atoms with van der Waals surface area (Å²) in [5.74, 6) is 0.825. The van der Waals surface area contributed by atoms with E-state index in [4.69, 9.17) is 21.3 Å². The third-order valence-corrected chi connectivity index (χ3v) is 5.40. The molecule has 9 heteroatoms. The van der Waals surface area contributed by atoms with Crippen molar-refractivity contribution < 1.29 is 9.53 Å². The van der Waals surface area contributed by atoms with Crippen LogP contribution >= 0.6 is 27.5 Å². The van der Waals surface area contributed by atoms with Gasteiger partial charge in [-0.25, -0.2) is 9.78 Å². The maximum absolute atomic E-state index is 12.0. The summed E-state index contributed by atoms with van der Waals surface area (Å²) < 4.78 is 7.95. The van der Waals surface area contributed by atoms with Crippen LogP contribution in [0.2, 0.25) is 5.02 Å². The number of carbonyl (C=O) groups excluding carboxylic acids is 1. The summed E-state index contributed by atoms with van der Waals surface area (Å²) >= 11 is 9.89. The van der Waals surface area contributed by atoms with Crippen LogP contribution < -0.4 is 5.32 Å². The molecule has 0 radical (unpaired) electrons. The zero-order valence-corrected chi connectivity index (χ0v) is 22.5. The smallest absolute Gasteiger partial charge is 0.410 e.